The van der Waals surface area contributed by atoms with Crippen LogP contribution in [0.5, 0.6) is 5.75 Å². The largest absolute Gasteiger partial charge is 0.488 e. The number of nitrogens with one attached hydrogen (secondary N) is 2. The molecule has 0 radical (unpaired) electrons. The van der Waals surface area contributed by atoms with E-state index in [-0.39, 0.29) is 61.2 Å². The second-order valence-corrected chi connectivity index (χ2v) is 14.6. The lowest BCUT2D eigenvalue weighted by atomic mass is 10.0. The van der Waals surface area contributed by atoms with Gasteiger partial charge in [-0.3, -0.25) is 14.4 Å². The number of rotatable bonds is 14. The van der Waals surface area contributed by atoms with Gasteiger partial charge < -0.3 is 35.7 Å². The smallest absolute Gasteiger partial charge is 0.261 e. The highest BCUT2D eigenvalue weighted by molar-refractivity contribution is 7.89. The number of hydrogen-bond donors (Lipinski definition) is 4. The number of aryl methyl sites for hydroxylation is 1. The van der Waals surface area contributed by atoms with Crippen LogP contribution in [0.4, 0.5) is 17.1 Å². The number of carbonyl (C=O) groups excluding carboxylic acids is 3. The number of benzene rings is 2. The minimum atomic E-state index is -3.92. The molecule has 0 aliphatic carbocycles. The molecule has 1 aromatic heterocycles. The summed E-state index contributed by atoms with van der Waals surface area (Å²) in [4.78, 5) is 44.2. The number of para-hydroxylation sites is 2. The van der Waals surface area contributed by atoms with E-state index in [0.717, 1.165) is 0 Å². The summed E-state index contributed by atoms with van der Waals surface area (Å²) >= 11 is 0. The summed E-state index contributed by atoms with van der Waals surface area (Å²) in [6.07, 6.45) is 4.58. The van der Waals surface area contributed by atoms with Crippen molar-refractivity contribution in [3.63, 3.8) is 0 Å². The van der Waals surface area contributed by atoms with Crippen molar-refractivity contribution in [3.05, 3.63) is 60.6 Å². The van der Waals surface area contributed by atoms with Gasteiger partial charge in [0.15, 0.2) is 5.03 Å². The van der Waals surface area contributed by atoms with Gasteiger partial charge in [-0.25, -0.2) is 13.4 Å². The van der Waals surface area contributed by atoms with Crippen LogP contribution >= 0.6 is 0 Å². The standard InChI is InChI=1S/C34H47N7O7S/c1-23-18-41(24(2)21-42)34(45)17-25-16-26(37-31(43)12-6-5-7-13-32(44)38-28-11-9-8-10-27(28)35)14-15-29(25)48-30(23)19-40(4)49(46,47)33-20-39(3)22-36-33/h8-11,14-16,20,22-24,30,42H,5-7,12-13,17-19,21,35H2,1-4H3,(H,37,43)(H,38,44)/t23-,24+,30+/m1/s1. The number of aromatic nitrogens is 2. The Morgan fingerprint density at radius 2 is 1.82 bits per heavy atom. The van der Waals surface area contributed by atoms with Gasteiger partial charge in [-0.05, 0) is 50.1 Å². The van der Waals surface area contributed by atoms with E-state index in [4.69, 9.17) is 10.5 Å². The van der Waals surface area contributed by atoms with E-state index in [0.29, 0.717) is 54.1 Å². The molecular formula is C34H47N7O7S. The quantitative estimate of drug-likeness (QED) is 0.145. The molecule has 15 heteroatoms. The molecule has 2 aromatic carbocycles. The van der Waals surface area contributed by atoms with Crippen molar-refractivity contribution in [1.29, 1.82) is 0 Å². The lowest BCUT2D eigenvalue weighted by Gasteiger charge is -2.33. The summed E-state index contributed by atoms with van der Waals surface area (Å²) in [5.41, 5.74) is 7.96. The molecule has 0 saturated carbocycles. The first-order chi connectivity index (χ1) is 23.3. The zero-order valence-corrected chi connectivity index (χ0v) is 29.3. The maximum absolute atomic E-state index is 13.5. The summed E-state index contributed by atoms with van der Waals surface area (Å²) in [5.74, 6) is -0.482. The van der Waals surface area contributed by atoms with Gasteiger partial charge in [-0.15, -0.1) is 0 Å². The second kappa shape index (κ2) is 16.8. The summed E-state index contributed by atoms with van der Waals surface area (Å²) in [6.45, 7) is 3.60. The molecule has 0 fully saturated rings. The van der Waals surface area contributed by atoms with Crippen LogP contribution in [0.3, 0.4) is 0 Å². The van der Waals surface area contributed by atoms with Gasteiger partial charge in [-0.2, -0.15) is 4.31 Å². The van der Waals surface area contributed by atoms with Crippen molar-refractivity contribution < 1.29 is 32.6 Å². The SMILES string of the molecule is C[C@@H]1CN([C@@H](C)CO)C(=O)Cc2cc(NC(=O)CCCCCC(=O)Nc3ccccc3N)ccc2O[C@H]1CN(C)S(=O)(=O)c1cn(C)cn1. The number of amides is 3. The summed E-state index contributed by atoms with van der Waals surface area (Å²) in [6, 6.07) is 11.6. The van der Waals surface area contributed by atoms with Crippen molar-refractivity contribution in [3.8, 4) is 5.75 Å². The van der Waals surface area contributed by atoms with E-state index in [1.807, 2.05) is 6.92 Å². The number of anilines is 3. The van der Waals surface area contributed by atoms with Crippen molar-refractivity contribution in [2.75, 3.05) is 43.1 Å². The van der Waals surface area contributed by atoms with Crippen LogP contribution < -0.4 is 21.1 Å². The molecule has 2 heterocycles. The molecular weight excluding hydrogens is 650 g/mol. The zero-order valence-electron chi connectivity index (χ0n) is 28.5. The Bertz CT molecular complexity index is 1730. The fourth-order valence-corrected chi connectivity index (χ4v) is 6.70. The minimum Gasteiger partial charge on any atom is -0.488 e. The highest BCUT2D eigenvalue weighted by Crippen LogP contribution is 2.30. The number of likely N-dealkylation sites (N-methyl/N-ethyl adjacent to an activating group) is 1. The Morgan fingerprint density at radius 3 is 2.47 bits per heavy atom. The number of unbranched alkanes of at least 4 members (excludes halogenated alkanes) is 2. The first-order valence-corrected chi connectivity index (χ1v) is 17.8. The zero-order chi connectivity index (χ0) is 35.7. The van der Waals surface area contributed by atoms with Crippen LogP contribution in [0, 0.1) is 5.92 Å². The molecule has 3 atom stereocenters. The number of imidazole rings is 1. The average molecular weight is 698 g/mol. The van der Waals surface area contributed by atoms with Gasteiger partial charge in [0, 0.05) is 56.8 Å². The van der Waals surface area contributed by atoms with E-state index in [1.165, 1.54) is 23.9 Å². The third-order valence-electron chi connectivity index (χ3n) is 8.54. The predicted molar refractivity (Wildman–Crippen MR) is 186 cm³/mol. The molecule has 3 aromatic rings. The van der Waals surface area contributed by atoms with Gasteiger partial charge in [0.1, 0.15) is 11.9 Å². The molecule has 14 nitrogen and oxygen atoms in total. The number of aliphatic hydroxyl groups is 1. The van der Waals surface area contributed by atoms with Gasteiger partial charge in [0.25, 0.3) is 10.0 Å². The van der Waals surface area contributed by atoms with E-state index < -0.39 is 22.2 Å². The molecule has 5 N–H and O–H groups in total. The van der Waals surface area contributed by atoms with Crippen LogP contribution in [0.1, 0.15) is 51.5 Å². The Hall–Kier alpha value is -4.47. The van der Waals surface area contributed by atoms with E-state index in [9.17, 15) is 27.9 Å². The number of sulfonamides is 1. The normalized spacial score (nSPS) is 17.3. The fourth-order valence-electron chi connectivity index (χ4n) is 5.55. The van der Waals surface area contributed by atoms with Crippen molar-refractivity contribution in [2.45, 2.75) is 69.5 Å². The van der Waals surface area contributed by atoms with Gasteiger partial charge in [0.2, 0.25) is 17.7 Å². The highest BCUT2D eigenvalue weighted by Gasteiger charge is 2.34. The summed E-state index contributed by atoms with van der Waals surface area (Å²) in [7, 11) is -0.771. The molecule has 4 rings (SSSR count). The third-order valence-corrected chi connectivity index (χ3v) is 10.2. The monoisotopic (exact) mass is 697 g/mol. The topological polar surface area (TPSA) is 189 Å². The average Bonchev–Trinajstić information content (AvgIpc) is 3.52. The van der Waals surface area contributed by atoms with Gasteiger partial charge in [-0.1, -0.05) is 25.5 Å². The lowest BCUT2D eigenvalue weighted by molar-refractivity contribution is -0.134. The number of nitrogens with two attached hydrogens (primary N) is 1. The van der Waals surface area contributed by atoms with E-state index in [1.54, 1.807) is 65.9 Å². The number of carbonyl (C=O) groups is 3. The van der Waals surface area contributed by atoms with Crippen molar-refractivity contribution in [1.82, 2.24) is 18.8 Å². The van der Waals surface area contributed by atoms with Crippen LogP contribution in [-0.4, -0.2) is 88.9 Å². The molecule has 1 aliphatic heterocycles. The number of fused-ring (bicyclic) bond motifs is 1. The number of nitrogen functional groups attached to an aromatic ring is 1. The van der Waals surface area contributed by atoms with Crippen molar-refractivity contribution >= 4 is 44.8 Å². The molecule has 0 spiro atoms. The molecule has 266 valence electrons. The Kier molecular flexibility index (Phi) is 12.8. The molecule has 1 aliphatic rings. The number of nitrogens with zero attached hydrogens (tertiary/aromatic N) is 4. The van der Waals surface area contributed by atoms with Crippen LogP contribution in [0.25, 0.3) is 0 Å². The Labute approximate surface area is 287 Å². The minimum absolute atomic E-state index is 0.0183. The molecule has 3 amide bonds. The molecule has 0 bridgehead atoms. The summed E-state index contributed by atoms with van der Waals surface area (Å²) < 4.78 is 35.7. The van der Waals surface area contributed by atoms with Crippen LogP contribution in [0.2, 0.25) is 0 Å². The van der Waals surface area contributed by atoms with Crippen LogP contribution in [0.15, 0.2) is 60.0 Å². The number of ether oxygens (including phenoxy) is 1. The maximum Gasteiger partial charge on any atom is 0.261 e. The van der Waals surface area contributed by atoms with Gasteiger partial charge in [0.05, 0.1) is 43.3 Å². The third kappa shape index (κ3) is 10.0. The predicted octanol–water partition coefficient (Wildman–Crippen LogP) is 3.00. The first-order valence-electron chi connectivity index (χ1n) is 16.4. The van der Waals surface area contributed by atoms with Crippen LogP contribution in [-0.2, 0) is 37.9 Å². The second-order valence-electron chi connectivity index (χ2n) is 12.6. The highest BCUT2D eigenvalue weighted by atomic mass is 32.2. The number of aliphatic hydroxyl groups excluding tert-OH is 1. The van der Waals surface area contributed by atoms with E-state index >= 15 is 0 Å². The molecule has 0 saturated heterocycles. The first kappa shape index (κ1) is 37.4. The van der Waals surface area contributed by atoms with E-state index in [2.05, 4.69) is 15.6 Å². The van der Waals surface area contributed by atoms with Crippen molar-refractivity contribution in [2.24, 2.45) is 13.0 Å². The molecule has 0 unspecified atom stereocenters. The van der Waals surface area contributed by atoms with Gasteiger partial charge >= 0.3 is 0 Å². The molecule has 49 heavy (non-hydrogen) atoms. The number of hydrogen-bond acceptors (Lipinski definition) is 9. The Balaban J connectivity index is 1.40. The maximum atomic E-state index is 13.5. The Morgan fingerprint density at radius 1 is 1.12 bits per heavy atom. The summed E-state index contributed by atoms with van der Waals surface area (Å²) in [5, 5.41) is 15.5. The fraction of sp³-hybridized carbons (Fsp3) is 0.471. The lowest BCUT2D eigenvalue weighted by Crippen LogP contribution is -2.48.